The maximum Gasteiger partial charge on any atom is 0.421 e. The van der Waals surface area contributed by atoms with Crippen LogP contribution in [0.25, 0.3) is 0 Å². The van der Waals surface area contributed by atoms with Crippen molar-refractivity contribution in [3.05, 3.63) is 59.0 Å². The van der Waals surface area contributed by atoms with E-state index in [-0.39, 0.29) is 47.5 Å². The highest BCUT2D eigenvalue weighted by atomic mass is 31.2. The van der Waals surface area contributed by atoms with Crippen LogP contribution in [-0.4, -0.2) is 56.0 Å². The van der Waals surface area contributed by atoms with E-state index in [2.05, 4.69) is 30.9 Å². The Morgan fingerprint density at radius 2 is 1.67 bits per heavy atom. The second-order valence-corrected chi connectivity index (χ2v) is 13.1. The lowest BCUT2D eigenvalue weighted by molar-refractivity contribution is -0.137. The molecule has 1 saturated carbocycles. The number of alkyl halides is 3. The largest absolute Gasteiger partial charge is 0.495 e. The van der Waals surface area contributed by atoms with Crippen LogP contribution >= 0.6 is 7.60 Å². The van der Waals surface area contributed by atoms with Gasteiger partial charge in [0, 0.05) is 24.9 Å². The summed E-state index contributed by atoms with van der Waals surface area (Å²) in [5.41, 5.74) is -0.147. The van der Waals surface area contributed by atoms with E-state index in [1.54, 1.807) is 19.9 Å². The van der Waals surface area contributed by atoms with Crippen molar-refractivity contribution in [2.45, 2.75) is 75.7 Å². The molecule has 0 atom stereocenters. The van der Waals surface area contributed by atoms with Crippen molar-refractivity contribution < 1.29 is 42.2 Å². The lowest BCUT2D eigenvalue weighted by atomic mass is 9.85. The number of amides is 1. The smallest absolute Gasteiger partial charge is 0.421 e. The Kier molecular flexibility index (Phi) is 10.6. The molecule has 2 heterocycles. The third-order valence-corrected chi connectivity index (χ3v) is 10.5. The normalized spacial score (nSPS) is 17.3. The minimum atomic E-state index is -4.85. The van der Waals surface area contributed by atoms with Gasteiger partial charge < -0.3 is 35.6 Å². The van der Waals surface area contributed by atoms with Crippen molar-refractivity contribution >= 4 is 36.6 Å². The SMILES string of the molecule is CCC(CC)(c1ccc(Nc2ncc(C(F)(F)F)c(Nc3ccc(C4CCC(O)CC4)nc3C(=O)NC)n2)c(OC)c1)P(=O)(O)O. The predicted molar refractivity (Wildman–Crippen MR) is 166 cm³/mol. The molecule has 3 aromatic rings. The van der Waals surface area contributed by atoms with Crippen molar-refractivity contribution in [1.29, 1.82) is 0 Å². The van der Waals surface area contributed by atoms with Crippen LogP contribution in [0.4, 0.5) is 36.3 Å². The van der Waals surface area contributed by atoms with E-state index < -0.39 is 42.3 Å². The Balaban J connectivity index is 1.72. The number of aliphatic hydroxyl groups is 1. The third-order valence-electron chi connectivity index (χ3n) is 8.53. The molecule has 0 saturated heterocycles. The zero-order valence-electron chi connectivity index (χ0n) is 25.9. The van der Waals surface area contributed by atoms with Crippen molar-refractivity contribution in [2.24, 2.45) is 0 Å². The van der Waals surface area contributed by atoms with E-state index in [1.165, 1.54) is 38.4 Å². The molecule has 250 valence electrons. The van der Waals surface area contributed by atoms with Crippen LogP contribution in [0.1, 0.15) is 85.6 Å². The van der Waals surface area contributed by atoms with Gasteiger partial charge in [-0.25, -0.2) is 9.97 Å². The Morgan fingerprint density at radius 3 is 2.24 bits per heavy atom. The molecule has 16 heteroatoms. The van der Waals surface area contributed by atoms with Gasteiger partial charge in [-0.05, 0) is 68.4 Å². The summed E-state index contributed by atoms with van der Waals surface area (Å²) in [6, 6.07) is 7.57. The molecule has 1 amide bonds. The van der Waals surface area contributed by atoms with Crippen LogP contribution in [0.3, 0.4) is 0 Å². The van der Waals surface area contributed by atoms with Gasteiger partial charge in [0.15, 0.2) is 5.69 Å². The minimum Gasteiger partial charge on any atom is -0.495 e. The molecule has 6 N–H and O–H groups in total. The van der Waals surface area contributed by atoms with E-state index >= 15 is 0 Å². The van der Waals surface area contributed by atoms with Gasteiger partial charge >= 0.3 is 13.8 Å². The molecule has 0 radical (unpaired) electrons. The highest BCUT2D eigenvalue weighted by Gasteiger charge is 2.45. The second-order valence-electron chi connectivity index (χ2n) is 11.1. The van der Waals surface area contributed by atoms with Crippen molar-refractivity contribution in [3.8, 4) is 5.75 Å². The van der Waals surface area contributed by atoms with Gasteiger partial charge in [0.05, 0.1) is 29.7 Å². The number of aliphatic hydroxyl groups excluding tert-OH is 1. The average Bonchev–Trinajstić information content (AvgIpc) is 3.01. The molecule has 0 spiro atoms. The van der Waals surface area contributed by atoms with E-state index in [0.29, 0.717) is 43.1 Å². The molecule has 12 nitrogen and oxygen atoms in total. The zero-order valence-corrected chi connectivity index (χ0v) is 26.7. The monoisotopic (exact) mass is 666 g/mol. The highest BCUT2D eigenvalue weighted by molar-refractivity contribution is 7.53. The van der Waals surface area contributed by atoms with Crippen LogP contribution in [0.15, 0.2) is 36.5 Å². The van der Waals surface area contributed by atoms with Gasteiger partial charge in [-0.3, -0.25) is 9.36 Å². The molecule has 46 heavy (non-hydrogen) atoms. The first kappa shape index (κ1) is 35.1. The lowest BCUT2D eigenvalue weighted by Gasteiger charge is -2.33. The first-order valence-electron chi connectivity index (χ1n) is 14.8. The summed E-state index contributed by atoms with van der Waals surface area (Å²) in [4.78, 5) is 45.5. The van der Waals surface area contributed by atoms with Crippen molar-refractivity contribution in [1.82, 2.24) is 20.3 Å². The molecule has 0 bridgehead atoms. The fourth-order valence-electron chi connectivity index (χ4n) is 5.78. The number of hydrogen-bond donors (Lipinski definition) is 6. The van der Waals surface area contributed by atoms with Crippen LogP contribution in [0.2, 0.25) is 0 Å². The summed E-state index contributed by atoms with van der Waals surface area (Å²) in [6.45, 7) is 3.34. The molecule has 1 aliphatic rings. The third kappa shape index (κ3) is 7.27. The number of halogens is 3. The standard InChI is InChI=1S/C30H38F3N6O6P/c1-5-29(6-2,46(42,43)44)18-9-12-22(24(15-18)45-4)38-28-35-16-20(30(31,32)33)26(39-28)37-23-14-13-21(36-25(23)27(41)34-3)17-7-10-19(40)11-8-17/h9,12-17,19,40H,5-8,10-11H2,1-4H3,(H,34,41)(H2,42,43,44)(H2,35,37,38,39). The molecule has 1 fully saturated rings. The molecule has 4 rings (SSSR count). The summed E-state index contributed by atoms with van der Waals surface area (Å²) in [7, 11) is -1.86. The second kappa shape index (κ2) is 13.9. The summed E-state index contributed by atoms with van der Waals surface area (Å²) in [5, 5.41) is 16.3. The Labute approximate surface area is 264 Å². The first-order valence-corrected chi connectivity index (χ1v) is 16.4. The number of anilines is 4. The summed E-state index contributed by atoms with van der Waals surface area (Å²) in [6.07, 6.45) is -1.85. The minimum absolute atomic E-state index is 0.00989. The van der Waals surface area contributed by atoms with E-state index in [4.69, 9.17) is 4.74 Å². The Bertz CT molecular complexity index is 1610. The van der Waals surface area contributed by atoms with Gasteiger partial charge in [0.2, 0.25) is 5.95 Å². The number of hydrogen-bond acceptors (Lipinski definition) is 9. The number of ether oxygens (including phenoxy) is 1. The van der Waals surface area contributed by atoms with Crippen LogP contribution < -0.4 is 20.7 Å². The van der Waals surface area contributed by atoms with Crippen LogP contribution in [0.5, 0.6) is 5.75 Å². The summed E-state index contributed by atoms with van der Waals surface area (Å²) >= 11 is 0. The number of benzene rings is 1. The van der Waals surface area contributed by atoms with Crippen molar-refractivity contribution in [2.75, 3.05) is 24.8 Å². The number of rotatable bonds is 11. The van der Waals surface area contributed by atoms with Gasteiger partial charge in [-0.15, -0.1) is 0 Å². The Morgan fingerprint density at radius 1 is 1.02 bits per heavy atom. The molecular weight excluding hydrogens is 628 g/mol. The number of nitrogens with one attached hydrogen (secondary N) is 3. The quantitative estimate of drug-likeness (QED) is 0.133. The van der Waals surface area contributed by atoms with Gasteiger partial charge in [0.1, 0.15) is 17.1 Å². The molecule has 1 aliphatic carbocycles. The summed E-state index contributed by atoms with van der Waals surface area (Å²) in [5.74, 6) is -1.35. The molecule has 0 aliphatic heterocycles. The van der Waals surface area contributed by atoms with E-state index in [9.17, 15) is 37.4 Å². The fourth-order valence-corrected chi connectivity index (χ4v) is 7.08. The van der Waals surface area contributed by atoms with Crippen molar-refractivity contribution in [3.63, 3.8) is 0 Å². The first-order chi connectivity index (χ1) is 21.7. The number of carbonyl (C=O) groups excluding carboxylic acids is 1. The number of carbonyl (C=O) groups is 1. The average molecular weight is 667 g/mol. The van der Waals surface area contributed by atoms with Gasteiger partial charge in [-0.1, -0.05) is 19.9 Å². The fraction of sp³-hybridized carbons (Fsp3) is 0.467. The number of nitrogens with zero attached hydrogens (tertiary/aromatic N) is 3. The molecule has 2 aromatic heterocycles. The maximum atomic E-state index is 14.1. The van der Waals surface area contributed by atoms with E-state index in [1.807, 2.05) is 0 Å². The lowest BCUT2D eigenvalue weighted by Crippen LogP contribution is -2.24. The molecular formula is C30H38F3N6O6P. The number of methoxy groups -OCH3 is 1. The number of aromatic nitrogens is 3. The zero-order chi connectivity index (χ0) is 33.9. The predicted octanol–water partition coefficient (Wildman–Crippen LogP) is 5.96. The topological polar surface area (TPSA) is 179 Å². The van der Waals surface area contributed by atoms with Crippen LogP contribution in [0, 0.1) is 0 Å². The van der Waals surface area contributed by atoms with Gasteiger partial charge in [-0.2, -0.15) is 18.2 Å². The van der Waals surface area contributed by atoms with Gasteiger partial charge in [0.25, 0.3) is 5.91 Å². The summed E-state index contributed by atoms with van der Waals surface area (Å²) < 4.78 is 60.1. The van der Waals surface area contributed by atoms with E-state index in [0.717, 1.165) is 0 Å². The number of pyridine rings is 1. The Hall–Kier alpha value is -3.78. The highest BCUT2D eigenvalue weighted by Crippen LogP contribution is 2.61. The van der Waals surface area contributed by atoms with Crippen LogP contribution in [-0.2, 0) is 15.9 Å². The molecule has 1 aromatic carbocycles. The maximum absolute atomic E-state index is 14.1. The molecule has 0 unspecified atom stereocenters.